The van der Waals surface area contributed by atoms with Crippen LogP contribution in [0.25, 0.3) is 0 Å². The summed E-state index contributed by atoms with van der Waals surface area (Å²) in [6.45, 7) is 11.6. The summed E-state index contributed by atoms with van der Waals surface area (Å²) in [5.74, 6) is 0.119. The van der Waals surface area contributed by atoms with E-state index in [9.17, 15) is 4.79 Å². The first kappa shape index (κ1) is 16.4. The van der Waals surface area contributed by atoms with Gasteiger partial charge >= 0.3 is 5.97 Å². The zero-order chi connectivity index (χ0) is 13.6. The first-order chi connectivity index (χ1) is 7.67. The standard InChI is InChI=1S/C13H27NO3/c1-9(2)11(7-8-15)14-10(3)12(16)17-13(4,5)6/h9-11,14-15H,7-8H2,1-6H3. The second-order valence-corrected chi connectivity index (χ2v) is 5.78. The van der Waals surface area contributed by atoms with Crippen LogP contribution < -0.4 is 5.32 Å². The van der Waals surface area contributed by atoms with Crippen LogP contribution in [0.15, 0.2) is 0 Å². The highest BCUT2D eigenvalue weighted by molar-refractivity contribution is 5.75. The summed E-state index contributed by atoms with van der Waals surface area (Å²) in [5.41, 5.74) is -0.461. The van der Waals surface area contributed by atoms with E-state index in [-0.39, 0.29) is 24.7 Å². The Morgan fingerprint density at radius 1 is 1.29 bits per heavy atom. The molecule has 2 N–H and O–H groups in total. The molecule has 0 aliphatic heterocycles. The molecule has 0 fully saturated rings. The Hall–Kier alpha value is -0.610. The Morgan fingerprint density at radius 2 is 1.82 bits per heavy atom. The lowest BCUT2D eigenvalue weighted by Crippen LogP contribution is -2.46. The van der Waals surface area contributed by atoms with Gasteiger partial charge in [-0.3, -0.25) is 4.79 Å². The maximum atomic E-state index is 11.8. The number of aliphatic hydroxyl groups excluding tert-OH is 1. The highest BCUT2D eigenvalue weighted by Gasteiger charge is 2.24. The van der Waals surface area contributed by atoms with E-state index in [0.29, 0.717) is 12.3 Å². The molecule has 0 rings (SSSR count). The van der Waals surface area contributed by atoms with E-state index in [1.54, 1.807) is 6.92 Å². The van der Waals surface area contributed by atoms with Gasteiger partial charge in [-0.1, -0.05) is 13.8 Å². The maximum absolute atomic E-state index is 11.8. The van der Waals surface area contributed by atoms with Crippen LogP contribution in [0.2, 0.25) is 0 Å². The fourth-order valence-electron chi connectivity index (χ4n) is 1.53. The molecule has 0 heterocycles. The SMILES string of the molecule is CC(NC(CCO)C(C)C)C(=O)OC(C)(C)C. The molecule has 0 aromatic rings. The topological polar surface area (TPSA) is 58.6 Å². The van der Waals surface area contributed by atoms with Gasteiger partial charge in [-0.25, -0.2) is 0 Å². The average Bonchev–Trinajstić information content (AvgIpc) is 2.13. The summed E-state index contributed by atoms with van der Waals surface area (Å²) in [6, 6.07) is -0.226. The number of rotatable bonds is 6. The van der Waals surface area contributed by atoms with Gasteiger partial charge in [-0.2, -0.15) is 0 Å². The molecule has 0 aromatic carbocycles. The van der Waals surface area contributed by atoms with Crippen molar-refractivity contribution in [2.24, 2.45) is 5.92 Å². The van der Waals surface area contributed by atoms with Crippen molar-refractivity contribution >= 4 is 5.97 Å². The van der Waals surface area contributed by atoms with Crippen LogP contribution in [0.3, 0.4) is 0 Å². The zero-order valence-corrected chi connectivity index (χ0v) is 11.9. The fraction of sp³-hybridized carbons (Fsp3) is 0.923. The van der Waals surface area contributed by atoms with E-state index in [1.807, 2.05) is 20.8 Å². The van der Waals surface area contributed by atoms with Crippen molar-refractivity contribution in [3.8, 4) is 0 Å². The quantitative estimate of drug-likeness (QED) is 0.699. The summed E-state index contributed by atoms with van der Waals surface area (Å²) in [6.07, 6.45) is 0.644. The Bertz CT molecular complexity index is 233. The Kier molecular flexibility index (Phi) is 6.72. The molecule has 0 aromatic heterocycles. The molecule has 102 valence electrons. The molecular formula is C13H27NO3. The highest BCUT2D eigenvalue weighted by Crippen LogP contribution is 2.11. The van der Waals surface area contributed by atoms with Crippen LogP contribution in [-0.2, 0) is 9.53 Å². The van der Waals surface area contributed by atoms with E-state index in [1.165, 1.54) is 0 Å². The van der Waals surface area contributed by atoms with Crippen molar-refractivity contribution in [2.75, 3.05) is 6.61 Å². The molecule has 2 unspecified atom stereocenters. The Morgan fingerprint density at radius 3 is 2.18 bits per heavy atom. The first-order valence-electron chi connectivity index (χ1n) is 6.27. The zero-order valence-electron chi connectivity index (χ0n) is 11.9. The predicted molar refractivity (Wildman–Crippen MR) is 68.8 cm³/mol. The molecule has 0 spiro atoms. The van der Waals surface area contributed by atoms with Gasteiger partial charge < -0.3 is 15.2 Å². The lowest BCUT2D eigenvalue weighted by molar-refractivity contribution is -0.157. The Labute approximate surface area is 105 Å². The maximum Gasteiger partial charge on any atom is 0.323 e. The molecule has 0 aliphatic rings. The van der Waals surface area contributed by atoms with Gasteiger partial charge in [-0.05, 0) is 40.0 Å². The van der Waals surface area contributed by atoms with Crippen molar-refractivity contribution in [1.29, 1.82) is 0 Å². The van der Waals surface area contributed by atoms with Crippen LogP contribution in [0, 0.1) is 5.92 Å². The van der Waals surface area contributed by atoms with Crippen molar-refractivity contribution < 1.29 is 14.6 Å². The predicted octanol–water partition coefficient (Wildman–Crippen LogP) is 1.71. The molecule has 4 nitrogen and oxygen atoms in total. The number of nitrogens with one attached hydrogen (secondary N) is 1. The highest BCUT2D eigenvalue weighted by atomic mass is 16.6. The second-order valence-electron chi connectivity index (χ2n) is 5.78. The van der Waals surface area contributed by atoms with Crippen LogP contribution in [0.1, 0.15) is 48.0 Å². The second kappa shape index (κ2) is 6.97. The van der Waals surface area contributed by atoms with Crippen molar-refractivity contribution in [2.45, 2.75) is 65.6 Å². The number of hydrogen-bond donors (Lipinski definition) is 2. The minimum absolute atomic E-state index is 0.122. The monoisotopic (exact) mass is 245 g/mol. The van der Waals surface area contributed by atoms with E-state index < -0.39 is 5.60 Å². The number of carbonyl (C=O) groups excluding carboxylic acids is 1. The van der Waals surface area contributed by atoms with Crippen LogP contribution in [-0.4, -0.2) is 35.4 Å². The Balaban J connectivity index is 4.30. The molecule has 17 heavy (non-hydrogen) atoms. The minimum Gasteiger partial charge on any atom is -0.459 e. The lowest BCUT2D eigenvalue weighted by Gasteiger charge is -2.27. The van der Waals surface area contributed by atoms with Crippen LogP contribution in [0.5, 0.6) is 0 Å². The summed E-state index contributed by atoms with van der Waals surface area (Å²) in [7, 11) is 0. The molecule has 0 amide bonds. The van der Waals surface area contributed by atoms with E-state index in [0.717, 1.165) is 0 Å². The number of aliphatic hydroxyl groups is 1. The van der Waals surface area contributed by atoms with Gasteiger partial charge in [0.25, 0.3) is 0 Å². The minimum atomic E-state index is -0.461. The molecule has 0 saturated heterocycles. The largest absolute Gasteiger partial charge is 0.459 e. The number of ether oxygens (including phenoxy) is 1. The molecule has 4 heteroatoms. The summed E-state index contributed by atoms with van der Waals surface area (Å²) in [5, 5.41) is 12.2. The third-order valence-electron chi connectivity index (χ3n) is 2.47. The summed E-state index contributed by atoms with van der Waals surface area (Å²) >= 11 is 0. The lowest BCUT2D eigenvalue weighted by atomic mass is 10.0. The van der Waals surface area contributed by atoms with Crippen molar-refractivity contribution in [3.63, 3.8) is 0 Å². The third kappa shape index (κ3) is 7.34. The van der Waals surface area contributed by atoms with Gasteiger partial charge in [0.05, 0.1) is 0 Å². The molecule has 2 atom stereocenters. The molecular weight excluding hydrogens is 218 g/mol. The van der Waals surface area contributed by atoms with Gasteiger partial charge in [0.1, 0.15) is 11.6 Å². The number of esters is 1. The van der Waals surface area contributed by atoms with E-state index >= 15 is 0 Å². The number of carbonyl (C=O) groups is 1. The smallest absolute Gasteiger partial charge is 0.323 e. The third-order valence-corrected chi connectivity index (χ3v) is 2.47. The van der Waals surface area contributed by atoms with E-state index in [4.69, 9.17) is 9.84 Å². The summed E-state index contributed by atoms with van der Waals surface area (Å²) in [4.78, 5) is 11.8. The molecule has 0 radical (unpaired) electrons. The number of hydrogen-bond acceptors (Lipinski definition) is 4. The molecule has 0 saturated carbocycles. The van der Waals surface area contributed by atoms with E-state index in [2.05, 4.69) is 19.2 Å². The van der Waals surface area contributed by atoms with Crippen LogP contribution in [0.4, 0.5) is 0 Å². The normalized spacial score (nSPS) is 15.8. The molecule has 0 aliphatic carbocycles. The van der Waals surface area contributed by atoms with Gasteiger partial charge in [-0.15, -0.1) is 0 Å². The van der Waals surface area contributed by atoms with Crippen molar-refractivity contribution in [1.82, 2.24) is 5.32 Å². The van der Waals surface area contributed by atoms with Crippen LogP contribution >= 0.6 is 0 Å². The fourth-order valence-corrected chi connectivity index (χ4v) is 1.53. The van der Waals surface area contributed by atoms with Crippen molar-refractivity contribution in [3.05, 3.63) is 0 Å². The molecule has 0 bridgehead atoms. The average molecular weight is 245 g/mol. The van der Waals surface area contributed by atoms with Gasteiger partial charge in [0, 0.05) is 12.6 Å². The first-order valence-corrected chi connectivity index (χ1v) is 6.27. The summed E-state index contributed by atoms with van der Waals surface area (Å²) < 4.78 is 5.29. The van der Waals surface area contributed by atoms with Gasteiger partial charge in [0.15, 0.2) is 0 Å². The van der Waals surface area contributed by atoms with Gasteiger partial charge in [0.2, 0.25) is 0 Å².